The van der Waals surface area contributed by atoms with Gasteiger partial charge in [0.25, 0.3) is 11.1 Å². The van der Waals surface area contributed by atoms with Crippen LogP contribution in [0.25, 0.3) is 6.08 Å². The highest BCUT2D eigenvalue weighted by Crippen LogP contribution is 2.34. The number of imide groups is 1. The summed E-state index contributed by atoms with van der Waals surface area (Å²) in [6.07, 6.45) is 4.12. The second kappa shape index (κ2) is 9.89. The third kappa shape index (κ3) is 5.17. The number of rotatable bonds is 6. The van der Waals surface area contributed by atoms with E-state index < -0.39 is 17.1 Å². The molecule has 2 aliphatic heterocycles. The number of methoxy groups -OCH3 is 1. The Morgan fingerprint density at radius 3 is 2.61 bits per heavy atom. The van der Waals surface area contributed by atoms with Gasteiger partial charge in [-0.3, -0.25) is 19.3 Å². The third-order valence-corrected chi connectivity index (χ3v) is 6.82. The Hall–Kier alpha value is -2.97. The molecule has 1 N–H and O–H groups in total. The van der Waals surface area contributed by atoms with Crippen LogP contribution in [0, 0.1) is 6.92 Å². The van der Waals surface area contributed by atoms with Crippen molar-refractivity contribution in [2.24, 2.45) is 0 Å². The van der Waals surface area contributed by atoms with Crippen LogP contribution in [0.5, 0.6) is 5.75 Å². The Balaban J connectivity index is 1.43. The van der Waals surface area contributed by atoms with E-state index in [-0.39, 0.29) is 6.54 Å². The molecular formula is C24H24ClN3O4S. The van der Waals surface area contributed by atoms with E-state index >= 15 is 0 Å². The van der Waals surface area contributed by atoms with Crippen LogP contribution in [0.3, 0.4) is 0 Å². The predicted molar refractivity (Wildman–Crippen MR) is 132 cm³/mol. The van der Waals surface area contributed by atoms with Crippen LogP contribution >= 0.6 is 23.4 Å². The van der Waals surface area contributed by atoms with E-state index in [1.165, 1.54) is 25.6 Å². The van der Waals surface area contributed by atoms with Crippen LogP contribution in [0.2, 0.25) is 5.02 Å². The SMILES string of the molecule is COc1ccc(NC(=O)CN2C(=O)SC(=Cc3ccc(N4CCCC4)cc3C)C2=O)cc1Cl. The van der Waals surface area contributed by atoms with Gasteiger partial charge >= 0.3 is 0 Å². The summed E-state index contributed by atoms with van der Waals surface area (Å²) in [6, 6.07) is 10.9. The zero-order valence-electron chi connectivity index (χ0n) is 18.4. The maximum Gasteiger partial charge on any atom is 0.294 e. The van der Waals surface area contributed by atoms with E-state index in [1.807, 2.05) is 19.1 Å². The van der Waals surface area contributed by atoms with E-state index in [0.29, 0.717) is 21.4 Å². The zero-order chi connectivity index (χ0) is 23.5. The lowest BCUT2D eigenvalue weighted by Gasteiger charge is -2.18. The summed E-state index contributed by atoms with van der Waals surface area (Å²) in [5.41, 5.74) is 3.52. The van der Waals surface area contributed by atoms with E-state index in [4.69, 9.17) is 16.3 Å². The van der Waals surface area contributed by atoms with Gasteiger partial charge in [0.1, 0.15) is 12.3 Å². The van der Waals surface area contributed by atoms with Crippen LogP contribution in [0.4, 0.5) is 16.2 Å². The van der Waals surface area contributed by atoms with Crippen molar-refractivity contribution in [3.8, 4) is 5.75 Å². The van der Waals surface area contributed by atoms with Gasteiger partial charge in [-0.1, -0.05) is 17.7 Å². The number of amides is 3. The van der Waals surface area contributed by atoms with E-state index in [1.54, 1.807) is 24.3 Å². The lowest BCUT2D eigenvalue weighted by atomic mass is 10.1. The van der Waals surface area contributed by atoms with Gasteiger partial charge < -0.3 is 15.0 Å². The molecule has 33 heavy (non-hydrogen) atoms. The van der Waals surface area contributed by atoms with Crippen molar-refractivity contribution in [3.05, 3.63) is 57.5 Å². The molecule has 0 saturated carbocycles. The van der Waals surface area contributed by atoms with E-state index in [9.17, 15) is 14.4 Å². The Labute approximate surface area is 201 Å². The minimum absolute atomic E-state index is 0.303. The summed E-state index contributed by atoms with van der Waals surface area (Å²) in [5.74, 6) is -0.489. The first-order chi connectivity index (χ1) is 15.9. The first-order valence-electron chi connectivity index (χ1n) is 10.6. The largest absolute Gasteiger partial charge is 0.495 e. The first kappa shape index (κ1) is 23.2. The fraction of sp³-hybridized carbons (Fsp3) is 0.292. The molecule has 2 fully saturated rings. The molecule has 0 spiro atoms. The maximum absolute atomic E-state index is 12.8. The molecule has 0 radical (unpaired) electrons. The van der Waals surface area contributed by atoms with Crippen molar-refractivity contribution >= 4 is 57.9 Å². The van der Waals surface area contributed by atoms with Crippen LogP contribution in [-0.4, -0.2) is 48.7 Å². The number of carbonyl (C=O) groups is 3. The van der Waals surface area contributed by atoms with Crippen molar-refractivity contribution in [2.75, 3.05) is 37.0 Å². The predicted octanol–water partition coefficient (Wildman–Crippen LogP) is 4.93. The molecule has 2 saturated heterocycles. The molecule has 0 aliphatic carbocycles. The fourth-order valence-electron chi connectivity index (χ4n) is 3.86. The van der Waals surface area contributed by atoms with Gasteiger partial charge in [0.2, 0.25) is 5.91 Å². The van der Waals surface area contributed by atoms with Crippen LogP contribution in [0.15, 0.2) is 41.3 Å². The standard InChI is InChI=1S/C24H24ClN3O4S/c1-15-11-18(27-9-3-4-10-27)7-5-16(15)12-21-23(30)28(24(31)33-21)14-22(29)26-17-6-8-20(32-2)19(25)13-17/h5-8,11-13H,3-4,9-10,14H2,1-2H3,(H,26,29). The number of ether oxygens (including phenoxy) is 1. The second-order valence-corrected chi connectivity index (χ2v) is 9.30. The van der Waals surface area contributed by atoms with E-state index in [2.05, 4.69) is 16.3 Å². The van der Waals surface area contributed by atoms with Crippen molar-refractivity contribution < 1.29 is 19.1 Å². The molecule has 2 aromatic carbocycles. The molecule has 3 amide bonds. The van der Waals surface area contributed by atoms with Gasteiger partial charge in [0.15, 0.2) is 0 Å². The van der Waals surface area contributed by atoms with Crippen LogP contribution in [0.1, 0.15) is 24.0 Å². The quantitative estimate of drug-likeness (QED) is 0.584. The van der Waals surface area contributed by atoms with Crippen molar-refractivity contribution in [2.45, 2.75) is 19.8 Å². The van der Waals surface area contributed by atoms with Gasteiger partial charge in [-0.15, -0.1) is 0 Å². The Morgan fingerprint density at radius 1 is 1.18 bits per heavy atom. The van der Waals surface area contributed by atoms with Crippen molar-refractivity contribution in [3.63, 3.8) is 0 Å². The Bertz CT molecular complexity index is 1140. The van der Waals surface area contributed by atoms with Gasteiger partial charge in [0, 0.05) is 24.5 Å². The number of anilines is 2. The highest BCUT2D eigenvalue weighted by atomic mass is 35.5. The maximum atomic E-state index is 12.8. The normalized spacial score (nSPS) is 17.2. The summed E-state index contributed by atoms with van der Waals surface area (Å²) < 4.78 is 5.09. The van der Waals surface area contributed by atoms with Gasteiger partial charge in [0.05, 0.1) is 17.0 Å². The summed E-state index contributed by atoms with van der Waals surface area (Å²) in [4.78, 5) is 41.3. The molecule has 0 atom stereocenters. The molecule has 9 heteroatoms. The number of aryl methyl sites for hydroxylation is 1. The van der Waals surface area contributed by atoms with Crippen molar-refractivity contribution in [1.29, 1.82) is 0 Å². The molecule has 2 heterocycles. The van der Waals surface area contributed by atoms with Gasteiger partial charge in [-0.05, 0) is 79.1 Å². The number of hydrogen-bond acceptors (Lipinski definition) is 6. The number of benzene rings is 2. The average Bonchev–Trinajstić information content (AvgIpc) is 3.40. The third-order valence-electron chi connectivity index (χ3n) is 5.62. The zero-order valence-corrected chi connectivity index (χ0v) is 20.0. The van der Waals surface area contributed by atoms with Gasteiger partial charge in [-0.25, -0.2) is 0 Å². The second-order valence-electron chi connectivity index (χ2n) is 7.90. The molecule has 0 bridgehead atoms. The molecule has 4 rings (SSSR count). The summed E-state index contributed by atoms with van der Waals surface area (Å²) in [7, 11) is 1.50. The molecule has 0 unspecified atom stereocenters. The summed E-state index contributed by atoms with van der Waals surface area (Å²) >= 11 is 6.92. The summed E-state index contributed by atoms with van der Waals surface area (Å²) in [5, 5.41) is 2.52. The highest BCUT2D eigenvalue weighted by Gasteiger charge is 2.36. The number of thioether (sulfide) groups is 1. The molecule has 2 aliphatic rings. The molecule has 0 aromatic heterocycles. The average molecular weight is 486 g/mol. The monoisotopic (exact) mass is 485 g/mol. The minimum atomic E-state index is -0.495. The topological polar surface area (TPSA) is 79.0 Å². The van der Waals surface area contributed by atoms with Crippen LogP contribution in [-0.2, 0) is 9.59 Å². The highest BCUT2D eigenvalue weighted by molar-refractivity contribution is 8.18. The number of carbonyl (C=O) groups excluding carboxylic acids is 3. The lowest BCUT2D eigenvalue weighted by Crippen LogP contribution is -2.36. The Kier molecular flexibility index (Phi) is 6.95. The Morgan fingerprint density at radius 2 is 1.94 bits per heavy atom. The van der Waals surface area contributed by atoms with Crippen molar-refractivity contribution in [1.82, 2.24) is 4.90 Å². The molecule has 172 valence electrons. The fourth-order valence-corrected chi connectivity index (χ4v) is 4.95. The first-order valence-corrected chi connectivity index (χ1v) is 11.8. The minimum Gasteiger partial charge on any atom is -0.495 e. The lowest BCUT2D eigenvalue weighted by molar-refractivity contribution is -0.127. The van der Waals surface area contributed by atoms with Crippen LogP contribution < -0.4 is 15.0 Å². The van der Waals surface area contributed by atoms with Gasteiger partial charge in [-0.2, -0.15) is 0 Å². The summed E-state index contributed by atoms with van der Waals surface area (Å²) in [6.45, 7) is 3.73. The molecular weight excluding hydrogens is 462 g/mol. The van der Waals surface area contributed by atoms with E-state index in [0.717, 1.165) is 40.9 Å². The number of hydrogen-bond donors (Lipinski definition) is 1. The molecule has 7 nitrogen and oxygen atoms in total. The number of halogens is 1. The smallest absolute Gasteiger partial charge is 0.294 e. The number of nitrogens with one attached hydrogen (secondary N) is 1. The molecule has 2 aromatic rings. The number of nitrogens with zero attached hydrogens (tertiary/aromatic N) is 2.